The first-order valence-electron chi connectivity index (χ1n) is 6.94. The normalized spacial score (nSPS) is 10.6. The molecule has 1 N–H and O–H groups in total. The summed E-state index contributed by atoms with van der Waals surface area (Å²) in [6.07, 6.45) is 0. The monoisotopic (exact) mass is 337 g/mol. The first-order chi connectivity index (χ1) is 10.5. The average molecular weight is 338 g/mol. The Labute approximate surface area is 140 Å². The Morgan fingerprint density at radius 1 is 1.18 bits per heavy atom. The molecule has 0 fully saturated rings. The molecule has 0 aliphatic heterocycles. The van der Waals surface area contributed by atoms with Crippen LogP contribution in [0.4, 0.5) is 5.69 Å². The first-order valence-corrected chi connectivity index (χ1v) is 7.69. The van der Waals surface area contributed by atoms with Gasteiger partial charge in [0.2, 0.25) is 0 Å². The number of nitrogens with one attached hydrogen (secondary N) is 1. The largest absolute Gasteiger partial charge is 0.483 e. The van der Waals surface area contributed by atoms with E-state index < -0.39 is 0 Å². The third-order valence-corrected chi connectivity index (χ3v) is 3.67. The lowest BCUT2D eigenvalue weighted by molar-refractivity contribution is -0.118. The maximum atomic E-state index is 12.0. The summed E-state index contributed by atoms with van der Waals surface area (Å²) in [7, 11) is 0. The maximum absolute atomic E-state index is 12.0. The molecule has 0 saturated carbocycles. The summed E-state index contributed by atoms with van der Waals surface area (Å²) >= 11 is 11.9. The molecule has 3 nitrogen and oxygen atoms in total. The average Bonchev–Trinajstić information content (AvgIpc) is 2.49. The molecule has 0 aromatic heterocycles. The quantitative estimate of drug-likeness (QED) is 0.820. The molecule has 0 spiro atoms. The summed E-state index contributed by atoms with van der Waals surface area (Å²) in [5.74, 6) is 0.745. The van der Waals surface area contributed by atoms with Crippen molar-refractivity contribution in [1.82, 2.24) is 0 Å². The van der Waals surface area contributed by atoms with Crippen molar-refractivity contribution in [2.75, 3.05) is 11.9 Å². The second kappa shape index (κ2) is 7.52. The molecule has 0 aliphatic rings. The van der Waals surface area contributed by atoms with Crippen LogP contribution in [-0.2, 0) is 4.79 Å². The van der Waals surface area contributed by atoms with Crippen molar-refractivity contribution in [3.8, 4) is 5.75 Å². The van der Waals surface area contributed by atoms with Gasteiger partial charge in [-0.2, -0.15) is 0 Å². The van der Waals surface area contributed by atoms with Crippen LogP contribution < -0.4 is 10.1 Å². The number of ether oxygens (including phenoxy) is 1. The van der Waals surface area contributed by atoms with Gasteiger partial charge in [0.1, 0.15) is 5.75 Å². The van der Waals surface area contributed by atoms with Crippen LogP contribution in [0.5, 0.6) is 5.75 Å². The second-order valence-electron chi connectivity index (χ2n) is 5.15. The fourth-order valence-corrected chi connectivity index (χ4v) is 2.35. The van der Waals surface area contributed by atoms with Crippen LogP contribution in [0.2, 0.25) is 10.0 Å². The number of halogens is 2. The van der Waals surface area contributed by atoms with Crippen molar-refractivity contribution in [1.29, 1.82) is 0 Å². The summed E-state index contributed by atoms with van der Waals surface area (Å²) in [6.45, 7) is 4.06. The molecule has 0 atom stereocenters. The van der Waals surface area contributed by atoms with Crippen molar-refractivity contribution < 1.29 is 9.53 Å². The van der Waals surface area contributed by atoms with Crippen LogP contribution in [0.15, 0.2) is 42.5 Å². The Morgan fingerprint density at radius 2 is 1.91 bits per heavy atom. The highest BCUT2D eigenvalue weighted by molar-refractivity contribution is 6.35. The molecule has 0 saturated heterocycles. The number of hydrogen-bond donors (Lipinski definition) is 1. The van der Waals surface area contributed by atoms with Gasteiger partial charge in [-0.15, -0.1) is 0 Å². The number of anilines is 1. The molecule has 1 amide bonds. The lowest BCUT2D eigenvalue weighted by Crippen LogP contribution is -2.20. The number of rotatable bonds is 5. The molecule has 2 aromatic carbocycles. The van der Waals surface area contributed by atoms with Gasteiger partial charge in [0.15, 0.2) is 6.61 Å². The van der Waals surface area contributed by atoms with Gasteiger partial charge in [0.25, 0.3) is 5.91 Å². The highest BCUT2D eigenvalue weighted by Gasteiger charge is 2.10. The molecule has 0 aliphatic carbocycles. The molecule has 0 bridgehead atoms. The summed E-state index contributed by atoms with van der Waals surface area (Å²) in [5.41, 5.74) is 1.54. The Morgan fingerprint density at radius 3 is 2.64 bits per heavy atom. The summed E-state index contributed by atoms with van der Waals surface area (Å²) in [5, 5.41) is 3.63. The van der Waals surface area contributed by atoms with Gasteiger partial charge in [-0.25, -0.2) is 0 Å². The van der Waals surface area contributed by atoms with E-state index in [1.807, 2.05) is 24.3 Å². The topological polar surface area (TPSA) is 38.3 Å². The molecule has 116 valence electrons. The SMILES string of the molecule is CC(C)c1ccccc1OCC(=O)Nc1cc(Cl)ccc1Cl. The minimum absolute atomic E-state index is 0.0907. The van der Waals surface area contributed by atoms with Gasteiger partial charge in [-0.3, -0.25) is 4.79 Å². The lowest BCUT2D eigenvalue weighted by Gasteiger charge is -2.14. The molecule has 0 heterocycles. The second-order valence-corrected chi connectivity index (χ2v) is 6.00. The third kappa shape index (κ3) is 4.39. The van der Waals surface area contributed by atoms with E-state index in [1.54, 1.807) is 18.2 Å². The summed E-state index contributed by atoms with van der Waals surface area (Å²) < 4.78 is 5.61. The molecular formula is C17H17Cl2NO2. The molecule has 5 heteroatoms. The van der Waals surface area contributed by atoms with Crippen LogP contribution in [0.1, 0.15) is 25.3 Å². The molecule has 2 rings (SSSR count). The van der Waals surface area contributed by atoms with Crippen LogP contribution in [0.25, 0.3) is 0 Å². The maximum Gasteiger partial charge on any atom is 0.262 e. The Kier molecular flexibility index (Phi) is 5.69. The minimum atomic E-state index is -0.289. The van der Waals surface area contributed by atoms with E-state index in [1.165, 1.54) is 0 Å². The van der Waals surface area contributed by atoms with Gasteiger partial charge in [-0.05, 0) is 35.7 Å². The van der Waals surface area contributed by atoms with E-state index in [0.29, 0.717) is 27.4 Å². The van der Waals surface area contributed by atoms with Crippen molar-refractivity contribution in [3.05, 3.63) is 58.1 Å². The zero-order valence-electron chi connectivity index (χ0n) is 12.4. The number of carbonyl (C=O) groups is 1. The summed E-state index contributed by atoms with van der Waals surface area (Å²) in [4.78, 5) is 12.0. The van der Waals surface area contributed by atoms with E-state index in [-0.39, 0.29) is 12.5 Å². The fourth-order valence-electron chi connectivity index (χ4n) is 2.01. The van der Waals surface area contributed by atoms with Crippen molar-refractivity contribution >= 4 is 34.8 Å². The van der Waals surface area contributed by atoms with Crippen LogP contribution in [0, 0.1) is 0 Å². The lowest BCUT2D eigenvalue weighted by atomic mass is 10.0. The van der Waals surface area contributed by atoms with E-state index >= 15 is 0 Å². The zero-order chi connectivity index (χ0) is 16.1. The fraction of sp³-hybridized carbons (Fsp3) is 0.235. The molecule has 22 heavy (non-hydrogen) atoms. The van der Waals surface area contributed by atoms with Crippen LogP contribution in [-0.4, -0.2) is 12.5 Å². The standard InChI is InChI=1S/C17H17Cl2NO2/c1-11(2)13-5-3-4-6-16(13)22-10-17(21)20-15-9-12(18)7-8-14(15)19/h3-9,11H,10H2,1-2H3,(H,20,21). The van der Waals surface area contributed by atoms with Gasteiger partial charge >= 0.3 is 0 Å². The number of para-hydroxylation sites is 1. The minimum Gasteiger partial charge on any atom is -0.483 e. The highest BCUT2D eigenvalue weighted by atomic mass is 35.5. The third-order valence-electron chi connectivity index (χ3n) is 3.10. The van der Waals surface area contributed by atoms with Gasteiger partial charge in [-0.1, -0.05) is 55.2 Å². The number of carbonyl (C=O) groups excluding carboxylic acids is 1. The summed E-state index contributed by atoms with van der Waals surface area (Å²) in [6, 6.07) is 12.6. The number of hydrogen-bond acceptors (Lipinski definition) is 2. The van der Waals surface area contributed by atoms with Crippen molar-refractivity contribution in [2.45, 2.75) is 19.8 Å². The predicted octanol–water partition coefficient (Wildman–Crippen LogP) is 5.13. The van der Waals surface area contributed by atoms with Crippen molar-refractivity contribution in [3.63, 3.8) is 0 Å². The smallest absolute Gasteiger partial charge is 0.262 e. The van der Waals surface area contributed by atoms with Gasteiger partial charge < -0.3 is 10.1 Å². The number of benzene rings is 2. The first kappa shape index (κ1) is 16.7. The molecule has 0 radical (unpaired) electrons. The molecule has 0 unspecified atom stereocenters. The Hall–Kier alpha value is -1.71. The highest BCUT2D eigenvalue weighted by Crippen LogP contribution is 2.27. The molecule has 2 aromatic rings. The Bertz CT molecular complexity index is 671. The Balaban J connectivity index is 2.00. The van der Waals surface area contributed by atoms with Crippen LogP contribution in [0.3, 0.4) is 0 Å². The zero-order valence-corrected chi connectivity index (χ0v) is 13.9. The molecular weight excluding hydrogens is 321 g/mol. The van der Waals surface area contributed by atoms with Gasteiger partial charge in [0.05, 0.1) is 10.7 Å². The predicted molar refractivity (Wildman–Crippen MR) is 91.1 cm³/mol. The van der Waals surface area contributed by atoms with Gasteiger partial charge in [0, 0.05) is 5.02 Å². The van der Waals surface area contributed by atoms with E-state index in [2.05, 4.69) is 19.2 Å². The van der Waals surface area contributed by atoms with E-state index in [0.717, 1.165) is 5.56 Å². The van der Waals surface area contributed by atoms with Crippen LogP contribution >= 0.6 is 23.2 Å². The van der Waals surface area contributed by atoms with E-state index in [9.17, 15) is 4.79 Å². The number of amides is 1. The van der Waals surface area contributed by atoms with E-state index in [4.69, 9.17) is 27.9 Å². The van der Waals surface area contributed by atoms with Crippen molar-refractivity contribution in [2.24, 2.45) is 0 Å².